The highest BCUT2D eigenvalue weighted by molar-refractivity contribution is 5.99. The van der Waals surface area contributed by atoms with Crippen LogP contribution in [0.25, 0.3) is 0 Å². The minimum atomic E-state index is -0.843. The van der Waals surface area contributed by atoms with Crippen molar-refractivity contribution in [1.82, 2.24) is 0 Å². The van der Waals surface area contributed by atoms with E-state index in [-0.39, 0.29) is 22.7 Å². The van der Waals surface area contributed by atoms with Crippen LogP contribution in [0.3, 0.4) is 0 Å². The Morgan fingerprint density at radius 1 is 0.946 bits per heavy atom. The van der Waals surface area contributed by atoms with Gasteiger partial charge < -0.3 is 9.84 Å². The predicted octanol–water partition coefficient (Wildman–Crippen LogP) is 9.22. The number of ketones is 1. The molecule has 1 aromatic carbocycles. The molecule has 37 heavy (non-hydrogen) atoms. The van der Waals surface area contributed by atoms with Gasteiger partial charge in [0, 0.05) is 6.42 Å². The predicted molar refractivity (Wildman–Crippen MR) is 149 cm³/mol. The van der Waals surface area contributed by atoms with E-state index in [1.165, 1.54) is 77.0 Å². The molecular formula is C33H49FO3. The van der Waals surface area contributed by atoms with Gasteiger partial charge in [-0.1, -0.05) is 25.3 Å². The number of rotatable bonds is 11. The summed E-state index contributed by atoms with van der Waals surface area (Å²) in [5, 5.41) is 10.4. The molecule has 3 fully saturated rings. The smallest absolute Gasteiger partial charge is 0.166 e. The average Bonchev–Trinajstić information content (AvgIpc) is 2.94. The van der Waals surface area contributed by atoms with Crippen molar-refractivity contribution in [3.05, 3.63) is 35.9 Å². The zero-order chi connectivity index (χ0) is 26.2. The average molecular weight is 513 g/mol. The standard InChI is InChI=1S/C33H49FO3/c1-3-23-8-12-25(13-9-23)27-16-18-28(19-17-27)26-14-10-24(11-15-26)6-5-7-31(35)29-20-21-32(37-4-2)30(22-34)33(29)36/h3,20-21,23-28,36H,1,4-19,22H2,2H3. The molecule has 3 aliphatic rings. The van der Waals surface area contributed by atoms with Crippen LogP contribution in [0, 0.1) is 35.5 Å². The molecule has 0 saturated heterocycles. The van der Waals surface area contributed by atoms with Crippen molar-refractivity contribution in [3.63, 3.8) is 0 Å². The summed E-state index contributed by atoms with van der Waals surface area (Å²) in [7, 11) is 0. The molecule has 0 radical (unpaired) electrons. The first-order valence-corrected chi connectivity index (χ1v) is 15.2. The first-order valence-electron chi connectivity index (χ1n) is 15.2. The largest absolute Gasteiger partial charge is 0.507 e. The number of hydrogen-bond donors (Lipinski definition) is 1. The van der Waals surface area contributed by atoms with E-state index in [0.29, 0.717) is 18.8 Å². The molecule has 3 saturated carbocycles. The number of allylic oxidation sites excluding steroid dienone is 1. The van der Waals surface area contributed by atoms with Crippen molar-refractivity contribution in [1.29, 1.82) is 0 Å². The van der Waals surface area contributed by atoms with Crippen LogP contribution in [-0.4, -0.2) is 17.5 Å². The Morgan fingerprint density at radius 3 is 2.00 bits per heavy atom. The number of halogens is 1. The molecule has 4 heteroatoms. The van der Waals surface area contributed by atoms with Gasteiger partial charge in [0.25, 0.3) is 0 Å². The third-order valence-corrected chi connectivity index (χ3v) is 10.2. The second-order valence-corrected chi connectivity index (χ2v) is 12.2. The minimum absolute atomic E-state index is 0.0835. The summed E-state index contributed by atoms with van der Waals surface area (Å²) in [6.07, 6.45) is 21.2. The quantitative estimate of drug-likeness (QED) is 0.237. The Kier molecular flexibility index (Phi) is 10.5. The van der Waals surface area contributed by atoms with Crippen LogP contribution >= 0.6 is 0 Å². The molecule has 0 aromatic heterocycles. The Labute approximate surface area is 224 Å². The molecule has 4 rings (SSSR count). The van der Waals surface area contributed by atoms with E-state index in [4.69, 9.17) is 4.74 Å². The van der Waals surface area contributed by atoms with Crippen molar-refractivity contribution in [2.24, 2.45) is 35.5 Å². The van der Waals surface area contributed by atoms with E-state index in [1.54, 1.807) is 12.1 Å². The van der Waals surface area contributed by atoms with E-state index in [2.05, 4.69) is 12.7 Å². The Balaban J connectivity index is 1.15. The molecule has 0 bridgehead atoms. The summed E-state index contributed by atoms with van der Waals surface area (Å²) in [5.41, 5.74) is 0.310. The van der Waals surface area contributed by atoms with Crippen LogP contribution in [0.2, 0.25) is 0 Å². The molecule has 0 atom stereocenters. The fourth-order valence-corrected chi connectivity index (χ4v) is 7.84. The lowest BCUT2D eigenvalue weighted by Gasteiger charge is -2.41. The maximum absolute atomic E-state index is 13.4. The summed E-state index contributed by atoms with van der Waals surface area (Å²) in [4.78, 5) is 12.7. The van der Waals surface area contributed by atoms with Gasteiger partial charge in [-0.3, -0.25) is 4.79 Å². The van der Waals surface area contributed by atoms with Gasteiger partial charge in [-0.2, -0.15) is 0 Å². The molecule has 3 aliphatic carbocycles. The van der Waals surface area contributed by atoms with Gasteiger partial charge in [0.05, 0.1) is 17.7 Å². The second kappa shape index (κ2) is 13.8. The molecule has 0 unspecified atom stereocenters. The summed E-state index contributed by atoms with van der Waals surface area (Å²) >= 11 is 0. The fourth-order valence-electron chi connectivity index (χ4n) is 7.84. The number of hydrogen-bond acceptors (Lipinski definition) is 3. The van der Waals surface area contributed by atoms with E-state index in [9.17, 15) is 14.3 Å². The van der Waals surface area contributed by atoms with Gasteiger partial charge in [0.15, 0.2) is 5.78 Å². The van der Waals surface area contributed by atoms with Gasteiger partial charge in [0.2, 0.25) is 0 Å². The van der Waals surface area contributed by atoms with Crippen LogP contribution in [0.15, 0.2) is 24.8 Å². The highest BCUT2D eigenvalue weighted by Crippen LogP contribution is 2.46. The lowest BCUT2D eigenvalue weighted by molar-refractivity contribution is 0.0964. The van der Waals surface area contributed by atoms with Gasteiger partial charge in [-0.15, -0.1) is 6.58 Å². The number of ether oxygens (including phenoxy) is 1. The van der Waals surface area contributed by atoms with Crippen molar-refractivity contribution < 1.29 is 19.0 Å². The third-order valence-electron chi connectivity index (χ3n) is 10.2. The normalized spacial score (nSPS) is 30.5. The molecule has 0 amide bonds. The molecular weight excluding hydrogens is 463 g/mol. The molecule has 1 N–H and O–H groups in total. The van der Waals surface area contributed by atoms with Gasteiger partial charge >= 0.3 is 0 Å². The van der Waals surface area contributed by atoms with Crippen LogP contribution in [0.1, 0.15) is 119 Å². The zero-order valence-corrected chi connectivity index (χ0v) is 23.1. The van der Waals surface area contributed by atoms with E-state index >= 15 is 0 Å². The van der Waals surface area contributed by atoms with Crippen molar-refractivity contribution in [3.8, 4) is 11.5 Å². The maximum atomic E-state index is 13.4. The number of aromatic hydroxyl groups is 1. The summed E-state index contributed by atoms with van der Waals surface area (Å²) in [6, 6.07) is 3.18. The number of benzene rings is 1. The number of carbonyl (C=O) groups is 1. The summed E-state index contributed by atoms with van der Waals surface area (Å²) in [5.74, 6) is 5.27. The van der Waals surface area contributed by atoms with Gasteiger partial charge in [-0.05, 0) is 125 Å². The van der Waals surface area contributed by atoms with E-state index in [1.807, 2.05) is 6.92 Å². The lowest BCUT2D eigenvalue weighted by Crippen LogP contribution is -2.29. The topological polar surface area (TPSA) is 46.5 Å². The first kappa shape index (κ1) is 28.2. The van der Waals surface area contributed by atoms with Crippen molar-refractivity contribution in [2.45, 2.75) is 110 Å². The minimum Gasteiger partial charge on any atom is -0.507 e. The number of phenols is 1. The SMILES string of the molecule is C=CC1CCC(C2CCC(C3CCC(CCCC(=O)c4ccc(OCC)c(CF)c4O)CC3)CC2)CC1. The molecule has 0 heterocycles. The monoisotopic (exact) mass is 512 g/mol. The van der Waals surface area contributed by atoms with Crippen molar-refractivity contribution >= 4 is 5.78 Å². The second-order valence-electron chi connectivity index (χ2n) is 12.2. The molecule has 3 nitrogen and oxygen atoms in total. The molecule has 206 valence electrons. The van der Waals surface area contributed by atoms with Gasteiger partial charge in [-0.25, -0.2) is 4.39 Å². The summed E-state index contributed by atoms with van der Waals surface area (Å²) < 4.78 is 18.8. The first-order chi connectivity index (χ1) is 18.0. The third kappa shape index (κ3) is 7.18. The fraction of sp³-hybridized carbons (Fsp3) is 0.727. The molecule has 0 spiro atoms. The zero-order valence-electron chi connectivity index (χ0n) is 23.1. The maximum Gasteiger partial charge on any atom is 0.166 e. The molecule has 1 aromatic rings. The van der Waals surface area contributed by atoms with E-state index in [0.717, 1.165) is 48.3 Å². The Morgan fingerprint density at radius 2 is 1.49 bits per heavy atom. The van der Waals surface area contributed by atoms with Crippen LogP contribution in [-0.2, 0) is 6.67 Å². The van der Waals surface area contributed by atoms with Crippen molar-refractivity contribution in [2.75, 3.05) is 6.61 Å². The molecule has 0 aliphatic heterocycles. The number of carbonyl (C=O) groups excluding carboxylic acids is 1. The number of phenolic OH excluding ortho intramolecular Hbond substituents is 1. The van der Waals surface area contributed by atoms with Crippen LogP contribution < -0.4 is 4.74 Å². The highest BCUT2D eigenvalue weighted by Gasteiger charge is 2.34. The van der Waals surface area contributed by atoms with Crippen LogP contribution in [0.4, 0.5) is 4.39 Å². The summed E-state index contributed by atoms with van der Waals surface area (Å²) in [6.45, 7) is 5.36. The Bertz CT molecular complexity index is 872. The highest BCUT2D eigenvalue weighted by atomic mass is 19.1. The number of alkyl halides is 1. The van der Waals surface area contributed by atoms with Crippen LogP contribution in [0.5, 0.6) is 11.5 Å². The Hall–Kier alpha value is -1.84. The number of Topliss-reactive ketones (excluding diaryl/α,β-unsaturated/α-hetero) is 1. The lowest BCUT2D eigenvalue weighted by atomic mass is 9.65. The van der Waals surface area contributed by atoms with E-state index < -0.39 is 6.67 Å². The van der Waals surface area contributed by atoms with Gasteiger partial charge in [0.1, 0.15) is 18.2 Å².